The summed E-state index contributed by atoms with van der Waals surface area (Å²) in [6.07, 6.45) is 6.91. The fourth-order valence-corrected chi connectivity index (χ4v) is 3.04. The SMILES string of the molecule is CCOCC12CCCC(CC1)N2C. The first-order valence-corrected chi connectivity index (χ1v) is 5.59. The van der Waals surface area contributed by atoms with Gasteiger partial charge in [0.25, 0.3) is 0 Å². The van der Waals surface area contributed by atoms with Crippen LogP contribution < -0.4 is 0 Å². The molecule has 13 heavy (non-hydrogen) atoms. The van der Waals surface area contributed by atoms with Crippen molar-refractivity contribution < 1.29 is 4.74 Å². The van der Waals surface area contributed by atoms with Gasteiger partial charge >= 0.3 is 0 Å². The van der Waals surface area contributed by atoms with E-state index in [1.54, 1.807) is 0 Å². The van der Waals surface area contributed by atoms with Crippen LogP contribution in [0.2, 0.25) is 0 Å². The second kappa shape index (κ2) is 3.58. The van der Waals surface area contributed by atoms with Gasteiger partial charge in [-0.15, -0.1) is 0 Å². The first-order chi connectivity index (χ1) is 6.28. The summed E-state index contributed by atoms with van der Waals surface area (Å²) in [6, 6.07) is 0.856. The van der Waals surface area contributed by atoms with Crippen molar-refractivity contribution >= 4 is 0 Å². The molecule has 0 aliphatic carbocycles. The number of likely N-dealkylation sites (N-methyl/N-ethyl adjacent to an activating group) is 1. The molecule has 0 aromatic heterocycles. The molecule has 0 aromatic rings. The molecular weight excluding hydrogens is 162 g/mol. The molecule has 0 radical (unpaired) electrons. The van der Waals surface area contributed by atoms with Gasteiger partial charge in [-0.2, -0.15) is 0 Å². The van der Waals surface area contributed by atoms with Crippen molar-refractivity contribution in [2.45, 2.75) is 50.6 Å². The number of ether oxygens (including phenoxy) is 1. The van der Waals surface area contributed by atoms with E-state index in [1.807, 2.05) is 0 Å². The van der Waals surface area contributed by atoms with Crippen LogP contribution in [0.3, 0.4) is 0 Å². The number of rotatable bonds is 3. The van der Waals surface area contributed by atoms with Crippen molar-refractivity contribution in [3.8, 4) is 0 Å². The molecule has 2 bridgehead atoms. The Bertz CT molecular complexity index is 179. The predicted octanol–water partition coefficient (Wildman–Crippen LogP) is 2.04. The van der Waals surface area contributed by atoms with E-state index < -0.39 is 0 Å². The number of hydrogen-bond acceptors (Lipinski definition) is 2. The summed E-state index contributed by atoms with van der Waals surface area (Å²) >= 11 is 0. The number of piperidine rings is 1. The van der Waals surface area contributed by atoms with E-state index in [-0.39, 0.29) is 0 Å². The minimum atomic E-state index is 0.416. The van der Waals surface area contributed by atoms with Crippen LogP contribution in [-0.4, -0.2) is 36.7 Å². The third-order valence-corrected chi connectivity index (χ3v) is 3.99. The van der Waals surface area contributed by atoms with Gasteiger partial charge in [0, 0.05) is 18.2 Å². The van der Waals surface area contributed by atoms with E-state index in [4.69, 9.17) is 4.74 Å². The molecule has 2 aliphatic rings. The highest BCUT2D eigenvalue weighted by Crippen LogP contribution is 2.42. The van der Waals surface area contributed by atoms with E-state index in [2.05, 4.69) is 18.9 Å². The molecule has 0 amide bonds. The van der Waals surface area contributed by atoms with E-state index in [1.165, 1.54) is 32.1 Å². The summed E-state index contributed by atoms with van der Waals surface area (Å²) in [5.74, 6) is 0. The van der Waals surface area contributed by atoms with Crippen molar-refractivity contribution in [1.29, 1.82) is 0 Å². The molecule has 0 N–H and O–H groups in total. The fourth-order valence-electron chi connectivity index (χ4n) is 3.04. The minimum Gasteiger partial charge on any atom is -0.380 e. The molecule has 2 aliphatic heterocycles. The van der Waals surface area contributed by atoms with E-state index >= 15 is 0 Å². The second-order valence-corrected chi connectivity index (χ2v) is 4.56. The summed E-state index contributed by atoms with van der Waals surface area (Å²) in [5.41, 5.74) is 0.416. The zero-order chi connectivity index (χ0) is 9.31. The Morgan fingerprint density at radius 3 is 3.00 bits per heavy atom. The van der Waals surface area contributed by atoms with Crippen LogP contribution in [0.4, 0.5) is 0 Å². The standard InChI is InChI=1S/C11H21NO/c1-3-13-9-11-7-4-5-10(6-8-11)12(11)2/h10H,3-9H2,1-2H3. The maximum Gasteiger partial charge on any atom is 0.0650 e. The zero-order valence-electron chi connectivity index (χ0n) is 8.88. The molecule has 0 spiro atoms. The maximum atomic E-state index is 5.62. The smallest absolute Gasteiger partial charge is 0.0650 e. The minimum absolute atomic E-state index is 0.416. The first-order valence-electron chi connectivity index (χ1n) is 5.59. The van der Waals surface area contributed by atoms with Gasteiger partial charge in [0.05, 0.1) is 6.61 Å². The molecule has 2 atom stereocenters. The van der Waals surface area contributed by atoms with Crippen LogP contribution in [-0.2, 0) is 4.74 Å². The van der Waals surface area contributed by atoms with Crippen LogP contribution in [0, 0.1) is 0 Å². The summed E-state index contributed by atoms with van der Waals surface area (Å²) in [6.45, 7) is 3.91. The molecule has 2 heteroatoms. The predicted molar refractivity (Wildman–Crippen MR) is 53.9 cm³/mol. The van der Waals surface area contributed by atoms with E-state index in [9.17, 15) is 0 Å². The van der Waals surface area contributed by atoms with Gasteiger partial charge in [0.1, 0.15) is 0 Å². The van der Waals surface area contributed by atoms with Gasteiger partial charge in [-0.3, -0.25) is 4.90 Å². The van der Waals surface area contributed by atoms with Gasteiger partial charge in [0.15, 0.2) is 0 Å². The van der Waals surface area contributed by atoms with Gasteiger partial charge in [-0.05, 0) is 46.1 Å². The van der Waals surface area contributed by atoms with Crippen LogP contribution >= 0.6 is 0 Å². The van der Waals surface area contributed by atoms with Gasteiger partial charge in [0.2, 0.25) is 0 Å². The topological polar surface area (TPSA) is 12.5 Å². The van der Waals surface area contributed by atoms with Crippen LogP contribution in [0.25, 0.3) is 0 Å². The van der Waals surface area contributed by atoms with Crippen molar-refractivity contribution in [3.05, 3.63) is 0 Å². The normalized spacial score (nSPS) is 39.7. The molecule has 2 saturated heterocycles. The van der Waals surface area contributed by atoms with Crippen LogP contribution in [0.15, 0.2) is 0 Å². The highest BCUT2D eigenvalue weighted by atomic mass is 16.5. The monoisotopic (exact) mass is 183 g/mol. The average molecular weight is 183 g/mol. The Morgan fingerprint density at radius 2 is 2.23 bits per heavy atom. The molecule has 0 aromatic carbocycles. The Labute approximate surface area is 81.3 Å². The Kier molecular flexibility index (Phi) is 2.61. The fraction of sp³-hybridized carbons (Fsp3) is 1.00. The number of hydrogen-bond donors (Lipinski definition) is 0. The average Bonchev–Trinajstić information content (AvgIpc) is 2.39. The third kappa shape index (κ3) is 1.50. The van der Waals surface area contributed by atoms with Crippen LogP contribution in [0.1, 0.15) is 39.0 Å². The number of fused-ring (bicyclic) bond motifs is 2. The van der Waals surface area contributed by atoms with Crippen LogP contribution in [0.5, 0.6) is 0 Å². The molecule has 2 nitrogen and oxygen atoms in total. The van der Waals surface area contributed by atoms with Gasteiger partial charge in [-0.25, -0.2) is 0 Å². The lowest BCUT2D eigenvalue weighted by Gasteiger charge is -2.42. The molecule has 2 unspecified atom stereocenters. The Morgan fingerprint density at radius 1 is 1.38 bits per heavy atom. The zero-order valence-corrected chi connectivity index (χ0v) is 8.88. The van der Waals surface area contributed by atoms with E-state index in [0.717, 1.165) is 19.3 Å². The summed E-state index contributed by atoms with van der Waals surface area (Å²) in [5, 5.41) is 0. The molecule has 2 heterocycles. The highest BCUT2D eigenvalue weighted by Gasteiger charge is 2.46. The molecule has 0 saturated carbocycles. The lowest BCUT2D eigenvalue weighted by molar-refractivity contribution is -0.00506. The lowest BCUT2D eigenvalue weighted by atomic mass is 9.90. The molecule has 2 rings (SSSR count). The van der Waals surface area contributed by atoms with E-state index in [0.29, 0.717) is 5.54 Å². The molecule has 76 valence electrons. The Balaban J connectivity index is 2.02. The molecular formula is C11H21NO. The van der Waals surface area contributed by atoms with Gasteiger partial charge in [-0.1, -0.05) is 0 Å². The summed E-state index contributed by atoms with van der Waals surface area (Å²) in [7, 11) is 2.29. The molecule has 2 fully saturated rings. The quantitative estimate of drug-likeness (QED) is 0.664. The van der Waals surface area contributed by atoms with Crippen molar-refractivity contribution in [2.75, 3.05) is 20.3 Å². The largest absolute Gasteiger partial charge is 0.380 e. The third-order valence-electron chi connectivity index (χ3n) is 3.99. The summed E-state index contributed by atoms with van der Waals surface area (Å²) < 4.78 is 5.62. The number of nitrogens with zero attached hydrogens (tertiary/aromatic N) is 1. The summed E-state index contributed by atoms with van der Waals surface area (Å²) in [4.78, 5) is 2.59. The Hall–Kier alpha value is -0.0800. The van der Waals surface area contributed by atoms with Gasteiger partial charge < -0.3 is 4.74 Å². The highest BCUT2D eigenvalue weighted by molar-refractivity contribution is 5.02. The maximum absolute atomic E-state index is 5.62. The van der Waals surface area contributed by atoms with Crippen molar-refractivity contribution in [2.24, 2.45) is 0 Å². The van der Waals surface area contributed by atoms with Crippen molar-refractivity contribution in [1.82, 2.24) is 4.90 Å². The second-order valence-electron chi connectivity index (χ2n) is 4.56. The first kappa shape index (κ1) is 9.47. The lowest BCUT2D eigenvalue weighted by Crippen LogP contribution is -2.50. The van der Waals surface area contributed by atoms with Crippen molar-refractivity contribution in [3.63, 3.8) is 0 Å².